The molecule has 0 fully saturated rings. The first kappa shape index (κ1) is 16.8. The average Bonchev–Trinajstić information content (AvgIpc) is 2.60. The summed E-state index contributed by atoms with van der Waals surface area (Å²) in [4.78, 5) is 6.32. The predicted molar refractivity (Wildman–Crippen MR) is 95.1 cm³/mol. The lowest BCUT2D eigenvalue weighted by Gasteiger charge is -2.17. The Morgan fingerprint density at radius 2 is 2.09 bits per heavy atom. The van der Waals surface area contributed by atoms with Gasteiger partial charge in [0.2, 0.25) is 0 Å². The van der Waals surface area contributed by atoms with Crippen molar-refractivity contribution in [2.45, 2.75) is 0 Å². The van der Waals surface area contributed by atoms with Crippen molar-refractivity contribution in [2.75, 3.05) is 44.1 Å². The summed E-state index contributed by atoms with van der Waals surface area (Å²) in [6.45, 7) is 1.40. The van der Waals surface area contributed by atoms with Crippen molar-refractivity contribution in [1.82, 2.24) is 4.98 Å². The second-order valence-corrected chi connectivity index (χ2v) is 5.07. The van der Waals surface area contributed by atoms with Crippen molar-refractivity contribution in [1.29, 1.82) is 0 Å². The molecule has 122 valence electrons. The summed E-state index contributed by atoms with van der Waals surface area (Å²) in [6, 6.07) is 11.8. The highest BCUT2D eigenvalue weighted by molar-refractivity contribution is 5.57. The molecule has 0 unspecified atom stereocenters. The van der Waals surface area contributed by atoms with E-state index in [1.165, 1.54) is 0 Å². The van der Waals surface area contributed by atoms with Crippen LogP contribution in [-0.2, 0) is 0 Å². The van der Waals surface area contributed by atoms with E-state index in [-0.39, 0.29) is 6.61 Å². The molecule has 0 aliphatic carbocycles. The van der Waals surface area contributed by atoms with E-state index in [1.807, 2.05) is 60.5 Å². The molecule has 2 aromatic rings. The number of aliphatic hydroxyl groups excluding tert-OH is 1. The molecule has 23 heavy (non-hydrogen) atoms. The Bertz CT molecular complexity index is 626. The van der Waals surface area contributed by atoms with Crippen LogP contribution in [0.5, 0.6) is 5.75 Å². The van der Waals surface area contributed by atoms with E-state index in [0.717, 1.165) is 22.8 Å². The molecule has 5 heteroatoms. The molecule has 2 rings (SSSR count). The molecule has 0 bridgehead atoms. The third-order valence-electron chi connectivity index (χ3n) is 3.46. The number of benzene rings is 1. The summed E-state index contributed by atoms with van der Waals surface area (Å²) in [5, 5.41) is 12.2. The van der Waals surface area contributed by atoms with Gasteiger partial charge in [-0.25, -0.2) is 4.98 Å². The summed E-state index contributed by atoms with van der Waals surface area (Å²) >= 11 is 0. The van der Waals surface area contributed by atoms with Gasteiger partial charge in [0.1, 0.15) is 11.6 Å². The topological polar surface area (TPSA) is 57.6 Å². The maximum Gasteiger partial charge on any atom is 0.126 e. The van der Waals surface area contributed by atoms with Crippen LogP contribution in [0.15, 0.2) is 48.7 Å². The highest BCUT2D eigenvalue weighted by Crippen LogP contribution is 2.18. The van der Waals surface area contributed by atoms with E-state index in [4.69, 9.17) is 9.84 Å². The molecule has 0 radical (unpaired) electrons. The molecular formula is C18H23N3O2. The zero-order valence-electron chi connectivity index (χ0n) is 13.6. The maximum atomic E-state index is 8.94. The van der Waals surface area contributed by atoms with Gasteiger partial charge in [0.25, 0.3) is 0 Å². The molecule has 2 N–H and O–H groups in total. The molecule has 0 atom stereocenters. The Labute approximate surface area is 137 Å². The Balaban J connectivity index is 1.87. The fourth-order valence-electron chi connectivity index (χ4n) is 2.15. The number of methoxy groups -OCH3 is 1. The molecule has 0 spiro atoms. The number of aliphatic hydroxyl groups is 1. The number of nitrogens with one attached hydrogen (secondary N) is 1. The van der Waals surface area contributed by atoms with Gasteiger partial charge in [0, 0.05) is 25.7 Å². The number of aromatic nitrogens is 1. The lowest BCUT2D eigenvalue weighted by Crippen LogP contribution is -2.21. The zero-order valence-corrected chi connectivity index (χ0v) is 13.6. The number of para-hydroxylation sites is 1. The second kappa shape index (κ2) is 8.80. The zero-order chi connectivity index (χ0) is 16.5. The van der Waals surface area contributed by atoms with Crippen LogP contribution in [0.4, 0.5) is 11.5 Å². The minimum Gasteiger partial charge on any atom is -0.496 e. The van der Waals surface area contributed by atoms with Crippen LogP contribution in [0.2, 0.25) is 0 Å². The number of nitrogens with zero attached hydrogens (tertiary/aromatic N) is 2. The Morgan fingerprint density at radius 1 is 1.26 bits per heavy atom. The smallest absolute Gasteiger partial charge is 0.126 e. The van der Waals surface area contributed by atoms with Crippen LogP contribution in [-0.4, -0.2) is 43.9 Å². The first-order chi connectivity index (χ1) is 11.2. The largest absolute Gasteiger partial charge is 0.496 e. The first-order valence-electron chi connectivity index (χ1n) is 7.56. The fraction of sp³-hybridized carbons (Fsp3) is 0.278. The van der Waals surface area contributed by atoms with Gasteiger partial charge in [0.05, 0.1) is 25.6 Å². The molecule has 1 heterocycles. The van der Waals surface area contributed by atoms with Crippen LogP contribution in [0.3, 0.4) is 0 Å². The van der Waals surface area contributed by atoms with Gasteiger partial charge in [0.15, 0.2) is 0 Å². The summed E-state index contributed by atoms with van der Waals surface area (Å²) in [5.74, 6) is 1.67. The standard InChI is InChI=1S/C18H23N3O2/c1-21(12-13-22)16-9-10-18(20-14-16)19-11-5-7-15-6-3-4-8-17(15)23-2/h3-10,14,22H,11-13H2,1-2H3,(H,19,20)/b7-5+. The number of pyridine rings is 1. The molecule has 1 aromatic heterocycles. The molecule has 0 aliphatic rings. The van der Waals surface area contributed by atoms with Crippen LogP contribution in [0, 0.1) is 0 Å². The summed E-state index contributed by atoms with van der Waals surface area (Å²) in [7, 11) is 3.60. The normalized spacial score (nSPS) is 10.7. The number of hydrogen-bond donors (Lipinski definition) is 2. The van der Waals surface area contributed by atoms with Crippen molar-refractivity contribution < 1.29 is 9.84 Å². The van der Waals surface area contributed by atoms with Crippen LogP contribution in [0.25, 0.3) is 6.08 Å². The Morgan fingerprint density at radius 3 is 2.78 bits per heavy atom. The van der Waals surface area contributed by atoms with Gasteiger partial charge in [-0.15, -0.1) is 0 Å². The van der Waals surface area contributed by atoms with Crippen LogP contribution >= 0.6 is 0 Å². The van der Waals surface area contributed by atoms with Crippen LogP contribution < -0.4 is 15.0 Å². The summed E-state index contributed by atoms with van der Waals surface area (Å²) in [5.41, 5.74) is 2.03. The monoisotopic (exact) mass is 313 g/mol. The minimum atomic E-state index is 0.129. The second-order valence-electron chi connectivity index (χ2n) is 5.07. The van der Waals surface area contributed by atoms with E-state index in [1.54, 1.807) is 13.3 Å². The van der Waals surface area contributed by atoms with E-state index in [2.05, 4.69) is 10.3 Å². The van der Waals surface area contributed by atoms with Crippen molar-refractivity contribution in [2.24, 2.45) is 0 Å². The number of rotatable bonds is 8. The number of anilines is 2. The number of likely N-dealkylation sites (N-methyl/N-ethyl adjacent to an activating group) is 1. The fourth-order valence-corrected chi connectivity index (χ4v) is 2.15. The van der Waals surface area contributed by atoms with Gasteiger partial charge >= 0.3 is 0 Å². The van der Waals surface area contributed by atoms with Crippen molar-refractivity contribution in [3.8, 4) is 5.75 Å². The van der Waals surface area contributed by atoms with Crippen molar-refractivity contribution in [3.05, 3.63) is 54.2 Å². The van der Waals surface area contributed by atoms with Gasteiger partial charge < -0.3 is 20.1 Å². The first-order valence-corrected chi connectivity index (χ1v) is 7.56. The van der Waals surface area contributed by atoms with Gasteiger partial charge in [-0.05, 0) is 18.2 Å². The van der Waals surface area contributed by atoms with Crippen molar-refractivity contribution in [3.63, 3.8) is 0 Å². The lowest BCUT2D eigenvalue weighted by atomic mass is 10.2. The highest BCUT2D eigenvalue weighted by atomic mass is 16.5. The predicted octanol–water partition coefficient (Wildman–Crippen LogP) is 2.64. The SMILES string of the molecule is COc1ccccc1/C=C/CNc1ccc(N(C)CCO)cn1. The Kier molecular flexibility index (Phi) is 6.44. The average molecular weight is 313 g/mol. The molecular weight excluding hydrogens is 290 g/mol. The molecule has 0 aliphatic heterocycles. The Hall–Kier alpha value is -2.53. The maximum absolute atomic E-state index is 8.94. The highest BCUT2D eigenvalue weighted by Gasteiger charge is 2.00. The number of hydrogen-bond acceptors (Lipinski definition) is 5. The van der Waals surface area contributed by atoms with E-state index in [9.17, 15) is 0 Å². The molecule has 5 nitrogen and oxygen atoms in total. The molecule has 0 amide bonds. The van der Waals surface area contributed by atoms with E-state index < -0.39 is 0 Å². The summed E-state index contributed by atoms with van der Waals surface area (Å²) in [6.07, 6.45) is 5.85. The minimum absolute atomic E-state index is 0.129. The van der Waals surface area contributed by atoms with Gasteiger partial charge in [-0.1, -0.05) is 30.4 Å². The molecule has 1 aromatic carbocycles. The van der Waals surface area contributed by atoms with Gasteiger partial charge in [-0.2, -0.15) is 0 Å². The third kappa shape index (κ3) is 5.00. The van der Waals surface area contributed by atoms with E-state index in [0.29, 0.717) is 13.1 Å². The number of ether oxygens (including phenoxy) is 1. The third-order valence-corrected chi connectivity index (χ3v) is 3.46. The molecule has 0 saturated heterocycles. The lowest BCUT2D eigenvalue weighted by molar-refractivity contribution is 0.304. The summed E-state index contributed by atoms with van der Waals surface area (Å²) < 4.78 is 5.31. The van der Waals surface area contributed by atoms with Gasteiger partial charge in [-0.3, -0.25) is 0 Å². The quantitative estimate of drug-likeness (QED) is 0.784. The van der Waals surface area contributed by atoms with Crippen molar-refractivity contribution >= 4 is 17.6 Å². The molecule has 0 saturated carbocycles. The van der Waals surface area contributed by atoms with E-state index >= 15 is 0 Å². The van der Waals surface area contributed by atoms with Crippen LogP contribution in [0.1, 0.15) is 5.56 Å².